The molecule has 0 atom stereocenters. The first-order valence-electron chi connectivity index (χ1n) is 22.1. The Bertz CT molecular complexity index is 3220. The molecule has 23 nitrogen and oxygen atoms in total. The molecule has 0 aromatic heterocycles. The largest absolute Gasteiger partial charge is 0.463 e. The van der Waals surface area contributed by atoms with E-state index in [0.717, 1.165) is 35.2 Å². The first-order chi connectivity index (χ1) is 37.4. The third-order valence-corrected chi connectivity index (χ3v) is 12.2. The Morgan fingerprint density at radius 1 is 0.630 bits per heavy atom. The van der Waals surface area contributed by atoms with Gasteiger partial charge in [-0.15, -0.1) is 0 Å². The van der Waals surface area contributed by atoms with Gasteiger partial charge < -0.3 is 29.7 Å². The fourth-order valence-corrected chi connectivity index (χ4v) is 9.99. The van der Waals surface area contributed by atoms with Crippen molar-refractivity contribution >= 4 is 123 Å². The van der Waals surface area contributed by atoms with E-state index in [9.17, 15) is 99.7 Å². The van der Waals surface area contributed by atoms with E-state index in [-0.39, 0.29) is 54.0 Å². The lowest BCUT2D eigenvalue weighted by Gasteiger charge is -2.25. The summed E-state index contributed by atoms with van der Waals surface area (Å²) in [6, 6.07) is 9.48. The van der Waals surface area contributed by atoms with Crippen LogP contribution < -0.4 is 20.3 Å². The summed E-state index contributed by atoms with van der Waals surface area (Å²) in [5.74, 6) is -2.36. The number of carbonyl (C=O) groups is 2. The number of nitrogens with two attached hydrogens (primary N) is 1. The molecule has 36 heteroatoms. The second-order valence-electron chi connectivity index (χ2n) is 15.8. The number of anilines is 4. The molecule has 0 radical (unpaired) electrons. The molecule has 0 heterocycles. The van der Waals surface area contributed by atoms with Gasteiger partial charge in [-0.25, -0.2) is 9.59 Å². The molecule has 5 rings (SSSR count). The van der Waals surface area contributed by atoms with E-state index in [2.05, 4.69) is 52.5 Å². The van der Waals surface area contributed by atoms with Gasteiger partial charge in [0.05, 0.1) is 64.7 Å². The van der Waals surface area contributed by atoms with Crippen molar-refractivity contribution in [3.63, 3.8) is 0 Å². The van der Waals surface area contributed by atoms with E-state index in [1.54, 1.807) is 26.0 Å². The van der Waals surface area contributed by atoms with Crippen LogP contribution in [0.2, 0.25) is 5.02 Å². The second-order valence-corrected chi connectivity index (χ2v) is 18.8. The van der Waals surface area contributed by atoms with Crippen LogP contribution >= 0.6 is 59.4 Å². The molecule has 81 heavy (non-hydrogen) atoms. The van der Waals surface area contributed by atoms with Gasteiger partial charge in [-0.1, -0.05) is 41.4 Å². The molecule has 2 N–H and O–H groups in total. The summed E-state index contributed by atoms with van der Waals surface area (Å²) in [7, 11) is 1.20. The highest BCUT2D eigenvalue weighted by atomic mass is 79.9. The molecule has 0 aliphatic heterocycles. The van der Waals surface area contributed by atoms with Crippen molar-refractivity contribution in [1.82, 2.24) is 0 Å². The molecule has 0 spiro atoms. The number of nitrogen functional groups attached to an aromatic ring is 1. The molecule has 5 aromatic rings. The van der Waals surface area contributed by atoms with Crippen LogP contribution in [0.3, 0.4) is 0 Å². The molecule has 0 saturated heterocycles. The zero-order valence-corrected chi connectivity index (χ0v) is 46.9. The Morgan fingerprint density at radius 2 is 1.16 bits per heavy atom. The number of non-ortho nitro benzene ring substituents is 1. The van der Waals surface area contributed by atoms with Crippen LogP contribution in [0.4, 0.5) is 90.7 Å². The smallest absolute Gasteiger partial charge is 0.418 e. The lowest BCUT2D eigenvalue weighted by molar-refractivity contribution is -0.394. The number of hydrogen-bond donors (Lipinski definition) is 1. The third kappa shape index (κ3) is 17.7. The highest BCUT2D eigenvalue weighted by Crippen LogP contribution is 2.51. The molecular formula is C45H37Br3ClF9N8O15. The Kier molecular flexibility index (Phi) is 23.5. The van der Waals surface area contributed by atoms with Gasteiger partial charge in [0.25, 0.3) is 22.7 Å². The van der Waals surface area contributed by atoms with Crippen LogP contribution in [0, 0.1) is 50.6 Å². The normalized spacial score (nSPS) is 11.2. The number of rotatable bonds is 18. The van der Waals surface area contributed by atoms with Gasteiger partial charge in [-0.2, -0.15) is 39.5 Å². The standard InChI is InChI=1S/C18H13ClF3NO7.C14H7Br3F3N3O4.C13H17F3N4O4/c1-2-28-16(24)9-29-17(25)12-8-11(4-5-14(12)23(26)27)30-15-6-3-10(7-13(15)19)18(20,21)22;1-21(13-9(16)2-6(15)3-10(13)17)12-8(14(18,19)20)4-7(22(24)25)5-11(12)23(26)27;1-3-5-18(6-4-2)11-9(19(21)22)7-8(13(14,15)16)10(17)12(11)20(23)24/h3-8H,2,9H2,1H3;2-5H,1H3;7H,3-6,17H2,1-2H3. The zero-order valence-electron chi connectivity index (χ0n) is 41.3. The molecule has 5 aromatic carbocycles. The summed E-state index contributed by atoms with van der Waals surface area (Å²) < 4.78 is 134. The van der Waals surface area contributed by atoms with E-state index >= 15 is 0 Å². The van der Waals surface area contributed by atoms with E-state index in [1.165, 1.54) is 18.9 Å². The van der Waals surface area contributed by atoms with Crippen LogP contribution in [0.15, 0.2) is 80.1 Å². The van der Waals surface area contributed by atoms with Crippen LogP contribution in [-0.2, 0) is 32.8 Å². The maximum atomic E-state index is 13.6. The summed E-state index contributed by atoms with van der Waals surface area (Å²) in [5.41, 5.74) is -6.27. The number of benzene rings is 5. The fourth-order valence-electron chi connectivity index (χ4n) is 6.98. The number of halogens is 13. The summed E-state index contributed by atoms with van der Waals surface area (Å²) >= 11 is 15.4. The topological polar surface area (TPSA) is 310 Å². The number of nitrogens with zero attached hydrogens (tertiary/aromatic N) is 7. The molecule has 0 saturated carbocycles. The highest BCUT2D eigenvalue weighted by molar-refractivity contribution is 9.11. The zero-order chi connectivity index (χ0) is 61.8. The molecule has 0 fully saturated rings. The van der Waals surface area contributed by atoms with Crippen LogP contribution in [0.5, 0.6) is 11.5 Å². The Labute approximate surface area is 478 Å². The Hall–Kier alpha value is -7.66. The van der Waals surface area contributed by atoms with Crippen molar-refractivity contribution in [2.45, 2.75) is 52.1 Å². The maximum Gasteiger partial charge on any atom is 0.418 e. The third-order valence-electron chi connectivity index (χ3n) is 10.2. The van der Waals surface area contributed by atoms with Crippen molar-refractivity contribution in [3.05, 3.63) is 158 Å². The maximum absolute atomic E-state index is 13.6. The molecule has 0 amide bonds. The quantitative estimate of drug-likeness (QED) is 0.0280. The fraction of sp³-hybridized carbons (Fsp3) is 0.289. The van der Waals surface area contributed by atoms with E-state index in [0.29, 0.717) is 38.4 Å². The van der Waals surface area contributed by atoms with Crippen molar-refractivity contribution < 1.29 is 87.9 Å². The molecule has 0 aliphatic rings. The van der Waals surface area contributed by atoms with Crippen molar-refractivity contribution in [3.8, 4) is 11.5 Å². The van der Waals surface area contributed by atoms with Crippen LogP contribution in [0.25, 0.3) is 0 Å². The highest BCUT2D eigenvalue weighted by Gasteiger charge is 2.44. The van der Waals surface area contributed by atoms with Gasteiger partial charge in [-0.3, -0.25) is 50.6 Å². The molecular weight excluding hydrogens is 1340 g/mol. The predicted octanol–water partition coefficient (Wildman–Crippen LogP) is 15.1. The lowest BCUT2D eigenvalue weighted by atomic mass is 10.1. The van der Waals surface area contributed by atoms with Gasteiger partial charge in [0.1, 0.15) is 28.4 Å². The minimum atomic E-state index is -5.06. The van der Waals surface area contributed by atoms with Gasteiger partial charge in [0.15, 0.2) is 12.3 Å². The molecule has 0 aliphatic carbocycles. The van der Waals surface area contributed by atoms with Gasteiger partial charge >= 0.3 is 36.2 Å². The van der Waals surface area contributed by atoms with Crippen molar-refractivity contribution in [1.29, 1.82) is 0 Å². The minimum Gasteiger partial charge on any atom is -0.463 e. The SMILES string of the molecule is CCCN(CCC)c1c([N+](=O)[O-])cc(C(F)(F)F)c(N)c1[N+](=O)[O-].CCOC(=O)COC(=O)c1cc(Oc2ccc(C(F)(F)F)cc2Cl)ccc1[N+](=O)[O-].CN(c1c(Br)cc(Br)cc1Br)c1c([N+](=O)[O-])cc([N+](=O)[O-])cc1C(F)(F)F. The number of ether oxygens (including phenoxy) is 3. The minimum absolute atomic E-state index is 0.0493. The van der Waals surface area contributed by atoms with Gasteiger partial charge in [0.2, 0.25) is 0 Å². The van der Waals surface area contributed by atoms with Crippen LogP contribution in [-0.4, -0.2) is 69.9 Å². The molecule has 438 valence electrons. The van der Waals surface area contributed by atoms with E-state index in [4.69, 9.17) is 26.8 Å². The van der Waals surface area contributed by atoms with Gasteiger partial charge in [-0.05, 0) is 88.0 Å². The summed E-state index contributed by atoms with van der Waals surface area (Å²) in [6.07, 6.45) is -13.7. The van der Waals surface area contributed by atoms with E-state index in [1.807, 2.05) is 0 Å². The first kappa shape index (κ1) is 67.6. The summed E-state index contributed by atoms with van der Waals surface area (Å²) in [6.45, 7) is 4.73. The molecule has 0 unspecified atom stereocenters. The van der Waals surface area contributed by atoms with Crippen LogP contribution in [0.1, 0.15) is 60.7 Å². The van der Waals surface area contributed by atoms with Crippen molar-refractivity contribution in [2.75, 3.05) is 48.9 Å². The summed E-state index contributed by atoms with van der Waals surface area (Å²) in [5, 5.41) is 55.7. The molecule has 0 bridgehead atoms. The number of nitro benzene ring substituents is 5. The number of nitro groups is 5. The number of esters is 2. The second kappa shape index (κ2) is 28.2. The first-order valence-corrected chi connectivity index (χ1v) is 24.8. The van der Waals surface area contributed by atoms with Crippen molar-refractivity contribution in [2.24, 2.45) is 0 Å². The lowest BCUT2D eigenvalue weighted by Crippen LogP contribution is -2.27. The average molecular weight is 1380 g/mol. The predicted molar refractivity (Wildman–Crippen MR) is 281 cm³/mol. The summed E-state index contributed by atoms with van der Waals surface area (Å²) in [4.78, 5) is 76.6. The Morgan fingerprint density at radius 3 is 1.60 bits per heavy atom. The Balaban J connectivity index is 0.000000321. The average Bonchev–Trinajstić information content (AvgIpc) is 3.47. The number of carbonyl (C=O) groups excluding carboxylic acids is 2. The van der Waals surface area contributed by atoms with E-state index < -0.39 is 129 Å². The van der Waals surface area contributed by atoms with Gasteiger partial charge in [0, 0.05) is 57.8 Å². The number of hydrogen-bond acceptors (Lipinski definition) is 18. The monoisotopic (exact) mass is 1370 g/mol. The number of alkyl halides is 9.